The van der Waals surface area contributed by atoms with Crippen LogP contribution in [0.3, 0.4) is 0 Å². The van der Waals surface area contributed by atoms with E-state index in [0.717, 1.165) is 19.3 Å². The Bertz CT molecular complexity index is 856. The van der Waals surface area contributed by atoms with Crippen LogP contribution >= 0.6 is 0 Å². The lowest BCUT2D eigenvalue weighted by Crippen LogP contribution is -2.48. The summed E-state index contributed by atoms with van der Waals surface area (Å²) in [5, 5.41) is 4.01. The number of benzene rings is 1. The van der Waals surface area contributed by atoms with Crippen LogP contribution in [-0.4, -0.2) is 53.9 Å². The van der Waals surface area contributed by atoms with Gasteiger partial charge in [-0.2, -0.15) is 9.29 Å². The molecule has 1 aliphatic heterocycles. The summed E-state index contributed by atoms with van der Waals surface area (Å²) >= 11 is 0. The van der Waals surface area contributed by atoms with E-state index in [1.807, 2.05) is 12.1 Å². The molecular formula is C20H30N4O3S. The van der Waals surface area contributed by atoms with Gasteiger partial charge in [0.15, 0.2) is 5.82 Å². The van der Waals surface area contributed by atoms with E-state index in [-0.39, 0.29) is 0 Å². The number of hydrogen-bond acceptors (Lipinski definition) is 6. The summed E-state index contributed by atoms with van der Waals surface area (Å²) < 4.78 is 32.7. The number of piperazine rings is 1. The van der Waals surface area contributed by atoms with Gasteiger partial charge in [0, 0.05) is 32.6 Å². The highest BCUT2D eigenvalue weighted by Gasteiger charge is 2.29. The largest absolute Gasteiger partial charge is 0.339 e. The number of nitrogens with zero attached hydrogens (tertiary/aromatic N) is 4. The predicted octanol–water partition coefficient (Wildman–Crippen LogP) is 3.04. The van der Waals surface area contributed by atoms with Gasteiger partial charge in [-0.3, -0.25) is 4.90 Å². The maximum Gasteiger partial charge on any atom is 0.243 e. The van der Waals surface area contributed by atoms with E-state index in [0.29, 0.717) is 55.3 Å². The van der Waals surface area contributed by atoms with Crippen molar-refractivity contribution in [2.24, 2.45) is 0 Å². The van der Waals surface area contributed by atoms with Crippen molar-refractivity contribution in [3.63, 3.8) is 0 Å². The van der Waals surface area contributed by atoms with Gasteiger partial charge < -0.3 is 4.52 Å². The van der Waals surface area contributed by atoms with Gasteiger partial charge in [-0.25, -0.2) is 8.42 Å². The first-order valence-electron chi connectivity index (χ1n) is 10.1. The van der Waals surface area contributed by atoms with Crippen molar-refractivity contribution in [1.82, 2.24) is 19.3 Å². The highest BCUT2D eigenvalue weighted by molar-refractivity contribution is 7.89. The molecule has 1 unspecified atom stereocenters. The zero-order valence-electron chi connectivity index (χ0n) is 17.0. The topological polar surface area (TPSA) is 79.5 Å². The minimum atomic E-state index is -3.45. The third-order valence-corrected chi connectivity index (χ3v) is 7.28. The molecule has 1 aromatic carbocycles. The van der Waals surface area contributed by atoms with Gasteiger partial charge in [0.1, 0.15) is 0 Å². The minimum Gasteiger partial charge on any atom is -0.339 e. The van der Waals surface area contributed by atoms with Crippen molar-refractivity contribution < 1.29 is 12.9 Å². The Morgan fingerprint density at radius 2 is 1.79 bits per heavy atom. The van der Waals surface area contributed by atoms with E-state index in [2.05, 4.69) is 35.8 Å². The van der Waals surface area contributed by atoms with Crippen molar-refractivity contribution >= 4 is 10.0 Å². The smallest absolute Gasteiger partial charge is 0.243 e. The van der Waals surface area contributed by atoms with Gasteiger partial charge in [0.25, 0.3) is 0 Å². The molecule has 0 amide bonds. The molecule has 3 rings (SSSR count). The standard InChI is InChI=1S/C20H30N4O3S/c1-4-6-20-21-19(22-27-20)15-23-11-13-24(14-12-23)28(25,26)18-9-7-17(8-10-18)16(3)5-2/h7-10,16H,4-6,11-15H2,1-3H3. The van der Waals surface area contributed by atoms with Crippen LogP contribution in [-0.2, 0) is 23.0 Å². The van der Waals surface area contributed by atoms with E-state index < -0.39 is 10.0 Å². The van der Waals surface area contributed by atoms with Gasteiger partial charge in [-0.05, 0) is 36.5 Å². The Morgan fingerprint density at radius 3 is 2.39 bits per heavy atom. The number of rotatable bonds is 8. The molecule has 0 bridgehead atoms. The van der Waals surface area contributed by atoms with E-state index in [1.165, 1.54) is 5.56 Å². The third-order valence-electron chi connectivity index (χ3n) is 5.37. The summed E-state index contributed by atoms with van der Waals surface area (Å²) in [7, 11) is -3.45. The van der Waals surface area contributed by atoms with Crippen molar-refractivity contribution in [2.75, 3.05) is 26.2 Å². The van der Waals surface area contributed by atoms with Crippen molar-refractivity contribution in [1.29, 1.82) is 0 Å². The van der Waals surface area contributed by atoms with Crippen molar-refractivity contribution in [3.05, 3.63) is 41.5 Å². The van der Waals surface area contributed by atoms with Crippen LogP contribution in [0.5, 0.6) is 0 Å². The quantitative estimate of drug-likeness (QED) is 0.670. The van der Waals surface area contributed by atoms with Crippen LogP contribution in [0.25, 0.3) is 0 Å². The highest BCUT2D eigenvalue weighted by atomic mass is 32.2. The molecule has 0 aliphatic carbocycles. The molecule has 2 heterocycles. The fourth-order valence-corrected chi connectivity index (χ4v) is 4.77. The maximum atomic E-state index is 12.9. The summed E-state index contributed by atoms with van der Waals surface area (Å²) in [6.07, 6.45) is 2.79. The normalized spacial score (nSPS) is 17.7. The second-order valence-corrected chi connectivity index (χ2v) is 9.35. The molecule has 1 aliphatic rings. The average molecular weight is 407 g/mol. The van der Waals surface area contributed by atoms with E-state index in [4.69, 9.17) is 4.52 Å². The van der Waals surface area contributed by atoms with Crippen molar-refractivity contribution in [2.45, 2.75) is 57.4 Å². The Kier molecular flexibility index (Phi) is 6.85. The molecule has 1 aromatic heterocycles. The molecule has 28 heavy (non-hydrogen) atoms. The molecule has 0 spiro atoms. The monoisotopic (exact) mass is 406 g/mol. The van der Waals surface area contributed by atoms with Crippen LogP contribution in [0.1, 0.15) is 56.8 Å². The number of aromatic nitrogens is 2. The lowest BCUT2D eigenvalue weighted by molar-refractivity contribution is 0.176. The zero-order chi connectivity index (χ0) is 20.1. The fraction of sp³-hybridized carbons (Fsp3) is 0.600. The second kappa shape index (κ2) is 9.15. The van der Waals surface area contributed by atoms with Gasteiger partial charge in [0.2, 0.25) is 15.9 Å². The summed E-state index contributed by atoms with van der Waals surface area (Å²) in [6, 6.07) is 7.33. The number of hydrogen-bond donors (Lipinski definition) is 0. The molecule has 2 aromatic rings. The summed E-state index contributed by atoms with van der Waals surface area (Å²) in [5.74, 6) is 1.77. The van der Waals surface area contributed by atoms with Gasteiger partial charge in [0.05, 0.1) is 11.4 Å². The first-order valence-corrected chi connectivity index (χ1v) is 11.5. The van der Waals surface area contributed by atoms with Crippen LogP contribution in [0, 0.1) is 0 Å². The Labute approximate surface area is 167 Å². The molecular weight excluding hydrogens is 376 g/mol. The van der Waals surface area contributed by atoms with E-state index >= 15 is 0 Å². The Balaban J connectivity index is 1.58. The third kappa shape index (κ3) is 4.79. The SMILES string of the molecule is CCCc1nc(CN2CCN(S(=O)(=O)c3ccc(C(C)CC)cc3)CC2)no1. The molecule has 1 atom stereocenters. The molecule has 1 fully saturated rings. The predicted molar refractivity (Wildman–Crippen MR) is 107 cm³/mol. The van der Waals surface area contributed by atoms with E-state index in [1.54, 1.807) is 16.4 Å². The first-order chi connectivity index (χ1) is 13.4. The fourth-order valence-electron chi connectivity index (χ4n) is 3.35. The summed E-state index contributed by atoms with van der Waals surface area (Å²) in [4.78, 5) is 6.92. The van der Waals surface area contributed by atoms with Crippen molar-refractivity contribution in [3.8, 4) is 0 Å². The minimum absolute atomic E-state index is 0.371. The van der Waals surface area contributed by atoms with Gasteiger partial charge in [-0.15, -0.1) is 0 Å². The zero-order valence-corrected chi connectivity index (χ0v) is 17.8. The summed E-state index contributed by atoms with van der Waals surface area (Å²) in [5.41, 5.74) is 1.17. The molecule has 0 radical (unpaired) electrons. The van der Waals surface area contributed by atoms with Gasteiger partial charge >= 0.3 is 0 Å². The highest BCUT2D eigenvalue weighted by Crippen LogP contribution is 2.23. The van der Waals surface area contributed by atoms with E-state index in [9.17, 15) is 8.42 Å². The molecule has 1 saturated heterocycles. The van der Waals surface area contributed by atoms with Crippen LogP contribution in [0.15, 0.2) is 33.7 Å². The van der Waals surface area contributed by atoms with Crippen LogP contribution in [0.2, 0.25) is 0 Å². The molecule has 154 valence electrons. The lowest BCUT2D eigenvalue weighted by atomic mass is 9.99. The average Bonchev–Trinajstić information content (AvgIpc) is 3.15. The molecule has 0 N–H and O–H groups in total. The Hall–Kier alpha value is -1.77. The first kappa shape index (κ1) is 21.0. The van der Waals surface area contributed by atoms with Crippen LogP contribution in [0.4, 0.5) is 0 Å². The molecule has 7 nitrogen and oxygen atoms in total. The van der Waals surface area contributed by atoms with Gasteiger partial charge in [-0.1, -0.05) is 38.1 Å². The number of sulfonamides is 1. The lowest BCUT2D eigenvalue weighted by Gasteiger charge is -2.33. The Morgan fingerprint density at radius 1 is 1.11 bits per heavy atom. The second-order valence-electron chi connectivity index (χ2n) is 7.41. The number of aryl methyl sites for hydroxylation is 1. The summed E-state index contributed by atoms with van der Waals surface area (Å²) in [6.45, 7) is 9.19. The van der Waals surface area contributed by atoms with Crippen LogP contribution < -0.4 is 0 Å². The molecule has 8 heteroatoms. The molecule has 0 saturated carbocycles. The maximum absolute atomic E-state index is 12.9.